The van der Waals surface area contributed by atoms with Crippen LogP contribution in [0.15, 0.2) is 30.6 Å². The molecule has 0 aliphatic carbocycles. The van der Waals surface area contributed by atoms with Crippen LogP contribution < -0.4 is 0 Å². The van der Waals surface area contributed by atoms with Crippen LogP contribution in [0.25, 0.3) is 0 Å². The molecule has 1 saturated heterocycles. The SMILES string of the molecule is [2H]C([2H])(CC([2H])([2H])C1(F)C([2H])([2H])CN(C(=O)c2ccc(F)c(Cl)c2)CC1([2H])[2H])c1ncc(C)cn1. The number of benzene rings is 1. The van der Waals surface area contributed by atoms with Crippen LogP contribution in [0.5, 0.6) is 0 Å². The van der Waals surface area contributed by atoms with Crippen LogP contribution in [0.3, 0.4) is 0 Å². The normalized spacial score (nSPS) is 25.6. The zero-order valence-corrected chi connectivity index (χ0v) is 15.1. The molecule has 0 N–H and O–H groups in total. The molecule has 3 rings (SSSR count). The zero-order chi connectivity index (χ0) is 26.6. The van der Waals surface area contributed by atoms with E-state index in [9.17, 15) is 9.18 Å². The molecule has 2 aromatic rings. The largest absolute Gasteiger partial charge is 0.338 e. The van der Waals surface area contributed by atoms with E-state index >= 15 is 4.39 Å². The molecule has 0 radical (unpaired) electrons. The van der Waals surface area contributed by atoms with Crippen LogP contribution in [0.1, 0.15) is 58.3 Å². The number of halogens is 3. The number of carbonyl (C=O) groups is 1. The van der Waals surface area contributed by atoms with E-state index in [1.807, 2.05) is 0 Å². The van der Waals surface area contributed by atoms with E-state index < -0.39 is 73.2 Å². The quantitative estimate of drug-likeness (QED) is 0.738. The van der Waals surface area contributed by atoms with Crippen molar-refractivity contribution in [2.24, 2.45) is 0 Å². The fraction of sp³-hybridized carbons (Fsp3) is 0.450. The number of hydrogen-bond donors (Lipinski definition) is 0. The molecule has 7 heteroatoms. The van der Waals surface area contributed by atoms with Gasteiger partial charge in [-0.15, -0.1) is 0 Å². The van der Waals surface area contributed by atoms with E-state index in [-0.39, 0.29) is 5.56 Å². The summed E-state index contributed by atoms with van der Waals surface area (Å²) in [6.07, 6.45) is -11.4. The van der Waals surface area contributed by atoms with Gasteiger partial charge in [-0.05, 0) is 56.2 Å². The maximum Gasteiger partial charge on any atom is 0.253 e. The van der Waals surface area contributed by atoms with E-state index in [1.165, 1.54) is 12.4 Å². The molecule has 1 aliphatic heterocycles. The molecule has 0 saturated carbocycles. The second kappa shape index (κ2) is 8.30. The zero-order valence-electron chi connectivity index (χ0n) is 22.4. The van der Waals surface area contributed by atoms with Crippen LogP contribution in [-0.4, -0.2) is 39.5 Å². The third-order valence-electron chi connectivity index (χ3n) is 3.84. The van der Waals surface area contributed by atoms with Crippen LogP contribution in [-0.2, 0) is 6.37 Å². The number of piperidine rings is 1. The molecule has 1 aromatic carbocycles. The second-order valence-electron chi connectivity index (χ2n) is 5.92. The number of aryl methyl sites for hydroxylation is 2. The minimum atomic E-state index is -3.87. The first-order valence-corrected chi connectivity index (χ1v) is 8.45. The van der Waals surface area contributed by atoms with Crippen LogP contribution in [0.2, 0.25) is 5.02 Å². The number of likely N-dealkylation sites (tertiary alicyclic amines) is 1. The fourth-order valence-electron chi connectivity index (χ4n) is 2.34. The van der Waals surface area contributed by atoms with E-state index in [2.05, 4.69) is 9.97 Å². The topological polar surface area (TPSA) is 46.1 Å². The Morgan fingerprint density at radius 1 is 1.37 bits per heavy atom. The van der Waals surface area contributed by atoms with Gasteiger partial charge in [-0.25, -0.2) is 18.7 Å². The summed E-state index contributed by atoms with van der Waals surface area (Å²) in [7, 11) is 0. The summed E-state index contributed by atoms with van der Waals surface area (Å²) in [5.74, 6) is -2.22. The fourth-order valence-corrected chi connectivity index (χ4v) is 2.52. The monoisotopic (exact) mass is 401 g/mol. The van der Waals surface area contributed by atoms with Gasteiger partial charge in [0.1, 0.15) is 17.3 Å². The highest BCUT2D eigenvalue weighted by Crippen LogP contribution is 2.32. The molecule has 1 fully saturated rings. The molecular formula is C20H22ClF2N3O. The molecule has 27 heavy (non-hydrogen) atoms. The summed E-state index contributed by atoms with van der Waals surface area (Å²) in [6.45, 7) is -0.437. The lowest BCUT2D eigenvalue weighted by Gasteiger charge is -2.36. The highest BCUT2D eigenvalue weighted by Gasteiger charge is 2.35. The van der Waals surface area contributed by atoms with Crippen molar-refractivity contribution in [2.75, 3.05) is 13.1 Å². The summed E-state index contributed by atoms with van der Waals surface area (Å²) in [5.41, 5.74) is -3.46. The lowest BCUT2D eigenvalue weighted by atomic mass is 9.88. The molecule has 0 unspecified atom stereocenters. The summed E-state index contributed by atoms with van der Waals surface area (Å²) in [6, 6.07) is 2.93. The predicted octanol–water partition coefficient (Wildman–Crippen LogP) is 4.54. The van der Waals surface area contributed by atoms with E-state index in [1.54, 1.807) is 6.92 Å². The summed E-state index contributed by atoms with van der Waals surface area (Å²) in [5, 5.41) is -0.393. The van der Waals surface area contributed by atoms with Crippen LogP contribution in [0.4, 0.5) is 8.78 Å². The Labute approximate surface area is 173 Å². The highest BCUT2D eigenvalue weighted by atomic mass is 35.5. The minimum absolute atomic E-state index is 0.190. The number of aromatic nitrogens is 2. The second-order valence-corrected chi connectivity index (χ2v) is 6.32. The number of alkyl halides is 1. The van der Waals surface area contributed by atoms with Gasteiger partial charge >= 0.3 is 0 Å². The van der Waals surface area contributed by atoms with Crippen molar-refractivity contribution in [3.8, 4) is 0 Å². The van der Waals surface area contributed by atoms with Crippen molar-refractivity contribution in [1.29, 1.82) is 0 Å². The van der Waals surface area contributed by atoms with Gasteiger partial charge in [-0.1, -0.05) is 11.6 Å². The Morgan fingerprint density at radius 2 is 2.04 bits per heavy atom. The van der Waals surface area contributed by atoms with Gasteiger partial charge in [0, 0.05) is 48.4 Å². The Hall–Kier alpha value is -2.08. The molecular weight excluding hydrogens is 372 g/mol. The smallest absolute Gasteiger partial charge is 0.253 e. The average molecular weight is 402 g/mol. The van der Waals surface area contributed by atoms with Gasteiger partial charge in [0.2, 0.25) is 0 Å². The Kier molecular flexibility index (Phi) is 3.59. The number of carbonyl (C=O) groups excluding carboxylic acids is 1. The number of hydrogen-bond acceptors (Lipinski definition) is 3. The summed E-state index contributed by atoms with van der Waals surface area (Å²) < 4.78 is 96.0. The van der Waals surface area contributed by atoms with E-state index in [0.29, 0.717) is 10.5 Å². The minimum Gasteiger partial charge on any atom is -0.338 e. The molecule has 0 spiro atoms. The molecule has 1 aliphatic rings. The molecule has 1 amide bonds. The molecule has 1 aromatic heterocycles. The van der Waals surface area contributed by atoms with Crippen LogP contribution in [0, 0.1) is 12.7 Å². The lowest BCUT2D eigenvalue weighted by Crippen LogP contribution is -2.44. The molecule has 144 valence electrons. The van der Waals surface area contributed by atoms with Crippen molar-refractivity contribution in [3.63, 3.8) is 0 Å². The maximum absolute atomic E-state index is 16.4. The van der Waals surface area contributed by atoms with E-state index in [4.69, 9.17) is 22.6 Å². The number of nitrogens with zero attached hydrogens (tertiary/aromatic N) is 3. The first kappa shape index (κ1) is 11.7. The third-order valence-corrected chi connectivity index (χ3v) is 4.13. The van der Waals surface area contributed by atoms with Gasteiger partial charge in [0.25, 0.3) is 5.91 Å². The van der Waals surface area contributed by atoms with Gasteiger partial charge < -0.3 is 4.90 Å². The first-order valence-electron chi connectivity index (χ1n) is 12.1. The Morgan fingerprint density at radius 3 is 2.67 bits per heavy atom. The van der Waals surface area contributed by atoms with Crippen molar-refractivity contribution in [3.05, 3.63) is 58.4 Å². The maximum atomic E-state index is 16.4. The van der Waals surface area contributed by atoms with Gasteiger partial charge in [-0.2, -0.15) is 0 Å². The van der Waals surface area contributed by atoms with Crippen molar-refractivity contribution in [1.82, 2.24) is 14.9 Å². The van der Waals surface area contributed by atoms with Crippen molar-refractivity contribution < 1.29 is 24.5 Å². The number of amides is 1. The van der Waals surface area contributed by atoms with Crippen molar-refractivity contribution in [2.45, 2.75) is 44.5 Å². The molecule has 4 nitrogen and oxygen atoms in total. The first-order chi connectivity index (χ1) is 15.8. The Balaban J connectivity index is 1.95. The van der Waals surface area contributed by atoms with Gasteiger partial charge in [-0.3, -0.25) is 4.79 Å². The third kappa shape index (κ3) is 5.01. The summed E-state index contributed by atoms with van der Waals surface area (Å²) >= 11 is 5.69. The summed E-state index contributed by atoms with van der Waals surface area (Å²) in [4.78, 5) is 21.1. The molecule has 0 bridgehead atoms. The predicted molar refractivity (Wildman–Crippen MR) is 100 cm³/mol. The highest BCUT2D eigenvalue weighted by molar-refractivity contribution is 6.31. The van der Waals surface area contributed by atoms with Crippen LogP contribution >= 0.6 is 11.6 Å². The standard InChI is InChI=1S/C20H22ClF2N3O/c1-14-12-24-18(25-13-14)3-2-6-20(23)7-9-26(10-8-20)19(27)15-4-5-17(22)16(21)11-15/h4-5,11-13H,2-3,6-10H2,1H3/i3D2,6D2,7D2,8D2. The molecule has 2 heterocycles. The van der Waals surface area contributed by atoms with Gasteiger partial charge in [0.15, 0.2) is 0 Å². The van der Waals surface area contributed by atoms with E-state index in [0.717, 1.165) is 18.2 Å². The van der Waals surface area contributed by atoms with Gasteiger partial charge in [0.05, 0.1) is 5.02 Å². The Bertz CT molecular complexity index is 1120. The lowest BCUT2D eigenvalue weighted by molar-refractivity contribution is 0.0389. The number of rotatable bonds is 5. The molecule has 0 atom stereocenters. The van der Waals surface area contributed by atoms with Crippen molar-refractivity contribution >= 4 is 17.5 Å². The average Bonchev–Trinajstić information content (AvgIpc) is 2.72.